The molecule has 0 saturated heterocycles. The molecule has 0 aliphatic rings. The molecule has 6 nitrogen and oxygen atoms in total. The molecule has 2 rings (SSSR count). The third-order valence-corrected chi connectivity index (χ3v) is 5.58. The molecule has 1 heterocycles. The molecule has 8 heteroatoms. The maximum absolute atomic E-state index is 12.0. The van der Waals surface area contributed by atoms with Gasteiger partial charge in [-0.05, 0) is 25.5 Å². The third-order valence-electron chi connectivity index (χ3n) is 3.17. The van der Waals surface area contributed by atoms with Crippen LogP contribution in [0, 0.1) is 6.92 Å². The zero-order valence-electron chi connectivity index (χ0n) is 13.0. The maximum atomic E-state index is 12.0. The van der Waals surface area contributed by atoms with Crippen molar-refractivity contribution < 1.29 is 13.2 Å². The van der Waals surface area contributed by atoms with Crippen LogP contribution in [-0.2, 0) is 21.2 Å². The molecule has 0 bridgehead atoms. The molecule has 1 amide bonds. The second kappa shape index (κ2) is 7.67. The minimum absolute atomic E-state index is 0.0358. The number of hydrogen-bond donors (Lipinski definition) is 2. The highest BCUT2D eigenvalue weighted by atomic mass is 32.2. The van der Waals surface area contributed by atoms with Crippen LogP contribution in [0.25, 0.3) is 0 Å². The molecule has 2 N–H and O–H groups in total. The number of thiazole rings is 1. The van der Waals surface area contributed by atoms with Gasteiger partial charge in [-0.1, -0.05) is 25.1 Å². The largest absolute Gasteiger partial charge is 0.302 e. The predicted octanol–water partition coefficient (Wildman–Crippen LogP) is 2.32. The molecular weight excluding hydrogens is 334 g/mol. The smallest absolute Gasteiger partial charge is 0.240 e. The summed E-state index contributed by atoms with van der Waals surface area (Å²) in [7, 11) is -3.58. The SMILES string of the molecule is CCc1nc(NC(=O)CCNS(=O)(=O)c2ccccc2)sc1C. The Bertz CT molecular complexity index is 771. The molecule has 0 radical (unpaired) electrons. The van der Waals surface area contributed by atoms with Crippen molar-refractivity contribution in [3.05, 3.63) is 40.9 Å². The Morgan fingerprint density at radius 3 is 2.57 bits per heavy atom. The topological polar surface area (TPSA) is 88.2 Å². The molecule has 2 aromatic rings. The standard InChI is InChI=1S/C15H19N3O3S2/c1-3-13-11(2)22-15(17-13)18-14(19)9-10-16-23(20,21)12-7-5-4-6-8-12/h4-8,16H,3,9-10H2,1-2H3,(H,17,18,19). The third kappa shape index (κ3) is 4.85. The van der Waals surface area contributed by atoms with Gasteiger partial charge >= 0.3 is 0 Å². The van der Waals surface area contributed by atoms with Crippen molar-refractivity contribution in [3.8, 4) is 0 Å². The van der Waals surface area contributed by atoms with Crippen LogP contribution in [0.3, 0.4) is 0 Å². The van der Waals surface area contributed by atoms with E-state index in [0.29, 0.717) is 5.13 Å². The number of carbonyl (C=O) groups excluding carboxylic acids is 1. The summed E-state index contributed by atoms with van der Waals surface area (Å²) in [4.78, 5) is 17.4. The van der Waals surface area contributed by atoms with E-state index in [2.05, 4.69) is 15.0 Å². The lowest BCUT2D eigenvalue weighted by molar-refractivity contribution is -0.116. The van der Waals surface area contributed by atoms with Gasteiger partial charge in [0, 0.05) is 17.8 Å². The number of amides is 1. The van der Waals surface area contributed by atoms with E-state index in [1.807, 2.05) is 13.8 Å². The number of nitrogens with one attached hydrogen (secondary N) is 2. The number of anilines is 1. The van der Waals surface area contributed by atoms with E-state index >= 15 is 0 Å². The summed E-state index contributed by atoms with van der Waals surface area (Å²) in [5.74, 6) is -0.267. The first-order valence-electron chi connectivity index (χ1n) is 7.23. The van der Waals surface area contributed by atoms with Crippen LogP contribution in [0.15, 0.2) is 35.2 Å². The number of rotatable bonds is 7. The van der Waals surface area contributed by atoms with E-state index in [0.717, 1.165) is 17.0 Å². The van der Waals surface area contributed by atoms with Crippen molar-refractivity contribution in [2.24, 2.45) is 0 Å². The Labute approximate surface area is 140 Å². The molecule has 0 saturated carbocycles. The Hall–Kier alpha value is -1.77. The van der Waals surface area contributed by atoms with E-state index in [4.69, 9.17) is 0 Å². The van der Waals surface area contributed by atoms with Gasteiger partial charge in [-0.3, -0.25) is 4.79 Å². The average Bonchev–Trinajstić information content (AvgIpc) is 2.87. The highest BCUT2D eigenvalue weighted by Gasteiger charge is 2.14. The fourth-order valence-corrected chi connectivity index (χ4v) is 3.94. The van der Waals surface area contributed by atoms with Crippen molar-refractivity contribution in [1.82, 2.24) is 9.71 Å². The Morgan fingerprint density at radius 1 is 1.26 bits per heavy atom. The van der Waals surface area contributed by atoms with Gasteiger partial charge in [0.05, 0.1) is 10.6 Å². The molecule has 0 aliphatic carbocycles. The molecule has 0 atom stereocenters. The number of aryl methyl sites for hydroxylation is 2. The van der Waals surface area contributed by atoms with E-state index in [-0.39, 0.29) is 23.8 Å². The molecule has 1 aromatic heterocycles. The van der Waals surface area contributed by atoms with E-state index in [1.165, 1.54) is 23.5 Å². The van der Waals surface area contributed by atoms with Gasteiger partial charge in [-0.15, -0.1) is 11.3 Å². The summed E-state index contributed by atoms with van der Waals surface area (Å²) in [5.41, 5.74) is 0.968. The highest BCUT2D eigenvalue weighted by Crippen LogP contribution is 2.22. The first kappa shape index (κ1) is 17.6. The molecule has 0 unspecified atom stereocenters. The average molecular weight is 353 g/mol. The quantitative estimate of drug-likeness (QED) is 0.799. The fraction of sp³-hybridized carbons (Fsp3) is 0.333. The fourth-order valence-electron chi connectivity index (χ4n) is 1.97. The van der Waals surface area contributed by atoms with Crippen LogP contribution in [-0.4, -0.2) is 25.9 Å². The van der Waals surface area contributed by atoms with E-state index < -0.39 is 10.0 Å². The first-order chi connectivity index (χ1) is 10.9. The van der Waals surface area contributed by atoms with Crippen molar-refractivity contribution in [2.45, 2.75) is 31.6 Å². The zero-order valence-corrected chi connectivity index (χ0v) is 14.6. The summed E-state index contributed by atoms with van der Waals surface area (Å²) >= 11 is 1.42. The van der Waals surface area contributed by atoms with Crippen LogP contribution in [0.4, 0.5) is 5.13 Å². The number of benzene rings is 1. The lowest BCUT2D eigenvalue weighted by atomic mass is 10.3. The molecule has 0 fully saturated rings. The minimum atomic E-state index is -3.58. The van der Waals surface area contributed by atoms with Crippen LogP contribution < -0.4 is 10.0 Å². The van der Waals surface area contributed by atoms with Crippen molar-refractivity contribution in [1.29, 1.82) is 0 Å². The highest BCUT2D eigenvalue weighted by molar-refractivity contribution is 7.89. The molecular formula is C15H19N3O3S2. The minimum Gasteiger partial charge on any atom is -0.302 e. The number of nitrogens with zero attached hydrogens (tertiary/aromatic N) is 1. The monoisotopic (exact) mass is 353 g/mol. The van der Waals surface area contributed by atoms with Crippen molar-refractivity contribution in [2.75, 3.05) is 11.9 Å². The van der Waals surface area contributed by atoms with Crippen molar-refractivity contribution in [3.63, 3.8) is 0 Å². The number of sulfonamides is 1. The Morgan fingerprint density at radius 2 is 1.96 bits per heavy atom. The molecule has 1 aromatic carbocycles. The Kier molecular flexibility index (Phi) is 5.86. The summed E-state index contributed by atoms with van der Waals surface area (Å²) < 4.78 is 26.4. The zero-order chi connectivity index (χ0) is 16.9. The van der Waals surface area contributed by atoms with Crippen LogP contribution >= 0.6 is 11.3 Å². The summed E-state index contributed by atoms with van der Waals surface area (Å²) in [5, 5.41) is 3.25. The Balaban J connectivity index is 1.85. The van der Waals surface area contributed by atoms with Gasteiger partial charge in [0.15, 0.2) is 5.13 Å². The summed E-state index contributed by atoms with van der Waals surface area (Å²) in [6.07, 6.45) is 0.862. The first-order valence-corrected chi connectivity index (χ1v) is 9.53. The number of aromatic nitrogens is 1. The van der Waals surface area contributed by atoms with Crippen LogP contribution in [0.1, 0.15) is 23.9 Å². The second-order valence-electron chi connectivity index (χ2n) is 4.88. The predicted molar refractivity (Wildman–Crippen MR) is 91.1 cm³/mol. The van der Waals surface area contributed by atoms with E-state index in [1.54, 1.807) is 18.2 Å². The maximum Gasteiger partial charge on any atom is 0.240 e. The van der Waals surface area contributed by atoms with Gasteiger partial charge in [0.25, 0.3) is 0 Å². The number of hydrogen-bond acceptors (Lipinski definition) is 5. The van der Waals surface area contributed by atoms with Gasteiger partial charge in [-0.25, -0.2) is 18.1 Å². The van der Waals surface area contributed by atoms with Gasteiger partial charge in [-0.2, -0.15) is 0 Å². The second-order valence-corrected chi connectivity index (χ2v) is 7.85. The molecule has 0 aliphatic heterocycles. The van der Waals surface area contributed by atoms with E-state index in [9.17, 15) is 13.2 Å². The molecule has 124 valence electrons. The number of carbonyl (C=O) groups is 1. The van der Waals surface area contributed by atoms with Gasteiger partial charge < -0.3 is 5.32 Å². The lowest BCUT2D eigenvalue weighted by Crippen LogP contribution is -2.27. The lowest BCUT2D eigenvalue weighted by Gasteiger charge is -2.06. The van der Waals surface area contributed by atoms with Gasteiger partial charge in [0.1, 0.15) is 0 Å². The summed E-state index contributed by atoms with van der Waals surface area (Å²) in [6, 6.07) is 8.06. The van der Waals surface area contributed by atoms with Crippen LogP contribution in [0.5, 0.6) is 0 Å². The molecule has 0 spiro atoms. The normalized spacial score (nSPS) is 11.4. The van der Waals surface area contributed by atoms with Crippen molar-refractivity contribution >= 4 is 32.4 Å². The van der Waals surface area contributed by atoms with Crippen LogP contribution in [0.2, 0.25) is 0 Å². The molecule has 23 heavy (non-hydrogen) atoms. The summed E-state index contributed by atoms with van der Waals surface area (Å²) in [6.45, 7) is 4.00. The van der Waals surface area contributed by atoms with Gasteiger partial charge in [0.2, 0.25) is 15.9 Å².